The van der Waals surface area contributed by atoms with Crippen LogP contribution in [0.1, 0.15) is 63.5 Å². The van der Waals surface area contributed by atoms with Gasteiger partial charge in [-0.2, -0.15) is 0 Å². The highest BCUT2D eigenvalue weighted by atomic mass is 14.9. The third-order valence-corrected chi connectivity index (χ3v) is 5.82. The van der Waals surface area contributed by atoms with Crippen LogP contribution in [0, 0.1) is 18.3 Å². The van der Waals surface area contributed by atoms with Gasteiger partial charge in [-0.3, -0.25) is 0 Å². The maximum atomic E-state index is 3.76. The fraction of sp³-hybridized carbons (Fsp3) is 0.700. The van der Waals surface area contributed by atoms with Gasteiger partial charge in [0.05, 0.1) is 0 Å². The zero-order valence-corrected chi connectivity index (χ0v) is 14.0. The Kier molecular flexibility index (Phi) is 4.14. The molecule has 1 aromatic rings. The van der Waals surface area contributed by atoms with E-state index < -0.39 is 0 Å². The van der Waals surface area contributed by atoms with Crippen molar-refractivity contribution in [3.05, 3.63) is 35.4 Å². The molecule has 2 aliphatic carbocycles. The summed E-state index contributed by atoms with van der Waals surface area (Å²) in [5, 5.41) is 3.76. The van der Waals surface area contributed by atoms with Crippen LogP contribution in [-0.4, -0.2) is 13.1 Å². The van der Waals surface area contributed by atoms with Crippen LogP contribution in [0.5, 0.6) is 0 Å². The molecule has 0 amide bonds. The Morgan fingerprint density at radius 3 is 2.38 bits per heavy atom. The van der Waals surface area contributed by atoms with Crippen molar-refractivity contribution in [2.24, 2.45) is 11.3 Å². The highest BCUT2D eigenvalue weighted by Gasteiger charge is 2.55. The van der Waals surface area contributed by atoms with Crippen molar-refractivity contribution in [1.82, 2.24) is 5.32 Å². The molecule has 1 heteroatoms. The SMILES string of the molecule is Cc1ccccc1C1(CNCC(C)C)CC2(CCCC2)C1. The van der Waals surface area contributed by atoms with E-state index in [4.69, 9.17) is 0 Å². The molecule has 0 atom stereocenters. The second-order valence-corrected chi connectivity index (χ2v) is 8.18. The molecule has 1 N–H and O–H groups in total. The van der Waals surface area contributed by atoms with E-state index >= 15 is 0 Å². The fourth-order valence-electron chi connectivity index (χ4n) is 5.04. The van der Waals surface area contributed by atoms with E-state index in [1.54, 1.807) is 5.56 Å². The van der Waals surface area contributed by atoms with Gasteiger partial charge >= 0.3 is 0 Å². The van der Waals surface area contributed by atoms with Crippen molar-refractivity contribution in [2.45, 2.75) is 64.7 Å². The molecule has 0 saturated heterocycles. The molecule has 0 heterocycles. The first kappa shape index (κ1) is 15.1. The van der Waals surface area contributed by atoms with E-state index in [1.165, 1.54) is 44.1 Å². The summed E-state index contributed by atoms with van der Waals surface area (Å²) >= 11 is 0. The first-order valence-corrected chi connectivity index (χ1v) is 8.82. The number of nitrogens with one attached hydrogen (secondary N) is 1. The Bertz CT molecular complexity index is 474. The Labute approximate surface area is 130 Å². The minimum atomic E-state index is 0.407. The number of rotatable bonds is 5. The van der Waals surface area contributed by atoms with E-state index in [0.717, 1.165) is 19.0 Å². The summed E-state index contributed by atoms with van der Waals surface area (Å²) in [7, 11) is 0. The summed E-state index contributed by atoms with van der Waals surface area (Å²) in [6.07, 6.45) is 8.70. The summed E-state index contributed by atoms with van der Waals surface area (Å²) < 4.78 is 0. The molecule has 3 rings (SSSR count). The minimum absolute atomic E-state index is 0.407. The summed E-state index contributed by atoms with van der Waals surface area (Å²) in [5.41, 5.74) is 4.20. The molecule has 0 aliphatic heterocycles. The average Bonchev–Trinajstić information content (AvgIpc) is 2.87. The largest absolute Gasteiger partial charge is 0.316 e. The molecule has 0 bridgehead atoms. The molecular formula is C20H31N. The molecule has 1 nitrogen and oxygen atoms in total. The highest BCUT2D eigenvalue weighted by Crippen LogP contribution is 2.63. The Balaban J connectivity index is 1.78. The van der Waals surface area contributed by atoms with Gasteiger partial charge in [-0.15, -0.1) is 0 Å². The number of hydrogen-bond acceptors (Lipinski definition) is 1. The smallest absolute Gasteiger partial charge is 0.00909 e. The standard InChI is InChI=1S/C20H31N/c1-16(2)12-21-15-20(18-9-5-4-8-17(18)3)13-19(14-20)10-6-7-11-19/h4-5,8-9,16,21H,6-7,10-15H2,1-3H3. The quantitative estimate of drug-likeness (QED) is 0.817. The zero-order valence-electron chi connectivity index (χ0n) is 14.0. The van der Waals surface area contributed by atoms with Crippen molar-refractivity contribution in [3.8, 4) is 0 Å². The molecular weight excluding hydrogens is 254 g/mol. The Morgan fingerprint density at radius 2 is 1.76 bits per heavy atom. The van der Waals surface area contributed by atoms with Gasteiger partial charge in [0.1, 0.15) is 0 Å². The number of aryl methyl sites for hydroxylation is 1. The van der Waals surface area contributed by atoms with E-state index in [1.807, 2.05) is 0 Å². The molecule has 0 unspecified atom stereocenters. The van der Waals surface area contributed by atoms with Crippen LogP contribution in [0.25, 0.3) is 0 Å². The predicted octanol–water partition coefficient (Wildman–Crippen LogP) is 4.83. The van der Waals surface area contributed by atoms with Crippen LogP contribution in [-0.2, 0) is 5.41 Å². The van der Waals surface area contributed by atoms with Gasteiger partial charge in [0.2, 0.25) is 0 Å². The van der Waals surface area contributed by atoms with Crippen LogP contribution < -0.4 is 5.32 Å². The molecule has 2 fully saturated rings. The van der Waals surface area contributed by atoms with Gasteiger partial charge < -0.3 is 5.32 Å². The first-order chi connectivity index (χ1) is 10.1. The average molecular weight is 285 g/mol. The van der Waals surface area contributed by atoms with Crippen LogP contribution in [0.15, 0.2) is 24.3 Å². The van der Waals surface area contributed by atoms with E-state index in [9.17, 15) is 0 Å². The lowest BCUT2D eigenvalue weighted by Crippen LogP contribution is -2.54. The highest BCUT2D eigenvalue weighted by molar-refractivity contribution is 5.38. The molecule has 2 saturated carbocycles. The molecule has 1 aromatic carbocycles. The van der Waals surface area contributed by atoms with Crippen molar-refractivity contribution in [1.29, 1.82) is 0 Å². The van der Waals surface area contributed by atoms with E-state index in [0.29, 0.717) is 10.8 Å². The normalized spacial score (nSPS) is 22.7. The lowest BCUT2D eigenvalue weighted by molar-refractivity contribution is 0.0262. The summed E-state index contributed by atoms with van der Waals surface area (Å²) in [4.78, 5) is 0. The predicted molar refractivity (Wildman–Crippen MR) is 90.7 cm³/mol. The van der Waals surface area contributed by atoms with Gasteiger partial charge in [0, 0.05) is 12.0 Å². The molecule has 1 spiro atoms. The van der Waals surface area contributed by atoms with Gasteiger partial charge in [0.25, 0.3) is 0 Å². The second kappa shape index (κ2) is 5.76. The second-order valence-electron chi connectivity index (χ2n) is 8.18. The molecule has 116 valence electrons. The van der Waals surface area contributed by atoms with Crippen LogP contribution >= 0.6 is 0 Å². The summed E-state index contributed by atoms with van der Waals surface area (Å²) in [5.74, 6) is 0.736. The van der Waals surface area contributed by atoms with Gasteiger partial charge in [-0.25, -0.2) is 0 Å². The van der Waals surface area contributed by atoms with Crippen molar-refractivity contribution < 1.29 is 0 Å². The topological polar surface area (TPSA) is 12.0 Å². The third-order valence-electron chi connectivity index (χ3n) is 5.82. The van der Waals surface area contributed by atoms with Gasteiger partial charge in [-0.1, -0.05) is 51.0 Å². The third kappa shape index (κ3) is 2.90. The van der Waals surface area contributed by atoms with Gasteiger partial charge in [-0.05, 0) is 61.6 Å². The van der Waals surface area contributed by atoms with Crippen LogP contribution in [0.4, 0.5) is 0 Å². The van der Waals surface area contributed by atoms with E-state index in [-0.39, 0.29) is 0 Å². The van der Waals surface area contributed by atoms with Crippen molar-refractivity contribution in [3.63, 3.8) is 0 Å². The van der Waals surface area contributed by atoms with Gasteiger partial charge in [0.15, 0.2) is 0 Å². The summed E-state index contributed by atoms with van der Waals surface area (Å²) in [6.45, 7) is 9.19. The van der Waals surface area contributed by atoms with Crippen molar-refractivity contribution in [2.75, 3.05) is 13.1 Å². The Morgan fingerprint density at radius 1 is 1.10 bits per heavy atom. The number of hydrogen-bond donors (Lipinski definition) is 1. The first-order valence-electron chi connectivity index (χ1n) is 8.82. The maximum absolute atomic E-state index is 3.76. The molecule has 0 aromatic heterocycles. The van der Waals surface area contributed by atoms with Crippen LogP contribution in [0.3, 0.4) is 0 Å². The maximum Gasteiger partial charge on any atom is 0.00909 e. The molecule has 2 aliphatic rings. The lowest BCUT2D eigenvalue weighted by Gasteiger charge is -2.56. The van der Waals surface area contributed by atoms with E-state index in [2.05, 4.69) is 50.4 Å². The summed E-state index contributed by atoms with van der Waals surface area (Å²) in [6, 6.07) is 9.08. The minimum Gasteiger partial charge on any atom is -0.316 e. The Hall–Kier alpha value is -0.820. The van der Waals surface area contributed by atoms with Crippen molar-refractivity contribution >= 4 is 0 Å². The molecule has 21 heavy (non-hydrogen) atoms. The lowest BCUT2D eigenvalue weighted by atomic mass is 9.49. The zero-order chi connectivity index (χ0) is 14.9. The number of benzene rings is 1. The molecule has 0 radical (unpaired) electrons. The monoisotopic (exact) mass is 285 g/mol. The van der Waals surface area contributed by atoms with Crippen LogP contribution in [0.2, 0.25) is 0 Å². The fourth-order valence-corrected chi connectivity index (χ4v) is 5.04.